The van der Waals surface area contributed by atoms with Crippen LogP contribution in [0.15, 0.2) is 11.6 Å². The summed E-state index contributed by atoms with van der Waals surface area (Å²) in [6, 6.07) is 0.731. The van der Waals surface area contributed by atoms with Crippen molar-refractivity contribution in [2.75, 3.05) is 6.54 Å². The topological polar surface area (TPSA) is 12.0 Å². The number of allylic oxidation sites excluding steroid dienone is 1. The number of hydrogen-bond acceptors (Lipinski definition) is 1. The minimum atomic E-state index is 0.731. The van der Waals surface area contributed by atoms with Crippen molar-refractivity contribution < 1.29 is 0 Å². The fourth-order valence-electron chi connectivity index (χ4n) is 1.79. The van der Waals surface area contributed by atoms with E-state index in [1.54, 1.807) is 5.57 Å². The van der Waals surface area contributed by atoms with Gasteiger partial charge in [-0.2, -0.15) is 0 Å². The van der Waals surface area contributed by atoms with E-state index >= 15 is 0 Å². The van der Waals surface area contributed by atoms with Gasteiger partial charge in [-0.05, 0) is 38.6 Å². The highest BCUT2D eigenvalue weighted by atomic mass is 14.9. The zero-order valence-electron chi connectivity index (χ0n) is 8.56. The molecule has 1 nitrogen and oxygen atoms in total. The molecular formula is C11H21N. The van der Waals surface area contributed by atoms with Crippen LogP contribution in [0.25, 0.3) is 0 Å². The van der Waals surface area contributed by atoms with E-state index in [4.69, 9.17) is 0 Å². The van der Waals surface area contributed by atoms with Crippen molar-refractivity contribution in [3.8, 4) is 0 Å². The lowest BCUT2D eigenvalue weighted by atomic mass is 9.87. The van der Waals surface area contributed by atoms with Crippen LogP contribution in [0.4, 0.5) is 0 Å². The van der Waals surface area contributed by atoms with E-state index in [0.29, 0.717) is 0 Å². The van der Waals surface area contributed by atoms with E-state index in [1.807, 2.05) is 0 Å². The smallest absolute Gasteiger partial charge is 0.0133 e. The quantitative estimate of drug-likeness (QED) is 0.637. The lowest BCUT2D eigenvalue weighted by molar-refractivity contribution is 0.360. The van der Waals surface area contributed by atoms with Gasteiger partial charge in [0, 0.05) is 6.04 Å². The van der Waals surface area contributed by atoms with Crippen molar-refractivity contribution in [1.29, 1.82) is 0 Å². The molecule has 0 aromatic carbocycles. The van der Waals surface area contributed by atoms with Crippen LogP contribution in [-0.4, -0.2) is 12.6 Å². The number of hydrogen-bond donors (Lipinski definition) is 1. The van der Waals surface area contributed by atoms with Crippen LogP contribution >= 0.6 is 0 Å². The van der Waals surface area contributed by atoms with Gasteiger partial charge < -0.3 is 5.32 Å². The summed E-state index contributed by atoms with van der Waals surface area (Å²) in [7, 11) is 0. The SMILES string of the molecule is CCCNC1CC(C)=CCC1C. The van der Waals surface area contributed by atoms with Crippen molar-refractivity contribution >= 4 is 0 Å². The molecule has 0 spiro atoms. The van der Waals surface area contributed by atoms with Crippen molar-refractivity contribution in [3.63, 3.8) is 0 Å². The molecule has 0 amide bonds. The second-order valence-electron chi connectivity index (χ2n) is 4.03. The van der Waals surface area contributed by atoms with Crippen molar-refractivity contribution in [2.24, 2.45) is 5.92 Å². The van der Waals surface area contributed by atoms with Crippen LogP contribution in [-0.2, 0) is 0 Å². The first-order valence-electron chi connectivity index (χ1n) is 5.13. The average Bonchev–Trinajstić information content (AvgIpc) is 2.07. The fraction of sp³-hybridized carbons (Fsp3) is 0.818. The van der Waals surface area contributed by atoms with Gasteiger partial charge in [-0.15, -0.1) is 0 Å². The molecule has 0 aromatic heterocycles. The predicted octanol–water partition coefficient (Wildman–Crippen LogP) is 2.73. The Balaban J connectivity index is 2.37. The van der Waals surface area contributed by atoms with Gasteiger partial charge in [0.05, 0.1) is 0 Å². The Labute approximate surface area is 76.2 Å². The molecular weight excluding hydrogens is 146 g/mol. The summed E-state index contributed by atoms with van der Waals surface area (Å²) in [5.41, 5.74) is 1.56. The normalized spacial score (nSPS) is 30.1. The molecule has 0 fully saturated rings. The first kappa shape index (κ1) is 9.79. The van der Waals surface area contributed by atoms with Gasteiger partial charge in [0.2, 0.25) is 0 Å². The minimum absolute atomic E-state index is 0.731. The molecule has 2 unspecified atom stereocenters. The van der Waals surface area contributed by atoms with Crippen molar-refractivity contribution in [3.05, 3.63) is 11.6 Å². The van der Waals surface area contributed by atoms with E-state index in [1.165, 1.54) is 25.8 Å². The lowest BCUT2D eigenvalue weighted by Crippen LogP contribution is -2.37. The summed E-state index contributed by atoms with van der Waals surface area (Å²) < 4.78 is 0. The van der Waals surface area contributed by atoms with Crippen LogP contribution in [0.2, 0.25) is 0 Å². The third kappa shape index (κ3) is 2.63. The molecule has 1 aliphatic rings. The standard InChI is InChI=1S/C11H21N/c1-4-7-12-11-8-9(2)5-6-10(11)3/h5,10-12H,4,6-8H2,1-3H3. The second kappa shape index (κ2) is 4.66. The van der Waals surface area contributed by atoms with Gasteiger partial charge >= 0.3 is 0 Å². The molecule has 0 aliphatic heterocycles. The van der Waals surface area contributed by atoms with Gasteiger partial charge in [-0.3, -0.25) is 0 Å². The molecule has 0 saturated carbocycles. The molecule has 12 heavy (non-hydrogen) atoms. The first-order chi connectivity index (χ1) is 5.74. The maximum atomic E-state index is 3.61. The predicted molar refractivity (Wildman–Crippen MR) is 54.2 cm³/mol. The molecule has 2 atom stereocenters. The largest absolute Gasteiger partial charge is 0.313 e. The number of nitrogens with one attached hydrogen (secondary N) is 1. The Bertz CT molecular complexity index is 160. The van der Waals surface area contributed by atoms with Crippen LogP contribution < -0.4 is 5.32 Å². The summed E-state index contributed by atoms with van der Waals surface area (Å²) in [6.45, 7) is 7.98. The van der Waals surface area contributed by atoms with Crippen molar-refractivity contribution in [1.82, 2.24) is 5.32 Å². The monoisotopic (exact) mass is 167 g/mol. The van der Waals surface area contributed by atoms with E-state index in [9.17, 15) is 0 Å². The van der Waals surface area contributed by atoms with E-state index in [0.717, 1.165) is 12.0 Å². The zero-order valence-corrected chi connectivity index (χ0v) is 8.56. The molecule has 70 valence electrons. The molecule has 1 aliphatic carbocycles. The average molecular weight is 167 g/mol. The summed E-state index contributed by atoms with van der Waals surface area (Å²) in [5, 5.41) is 3.61. The van der Waals surface area contributed by atoms with Crippen LogP contribution in [0.3, 0.4) is 0 Å². The highest BCUT2D eigenvalue weighted by Gasteiger charge is 2.19. The Kier molecular flexibility index (Phi) is 3.80. The Morgan fingerprint density at radius 1 is 1.58 bits per heavy atom. The molecule has 0 bridgehead atoms. The number of rotatable bonds is 3. The lowest BCUT2D eigenvalue weighted by Gasteiger charge is -2.28. The Hall–Kier alpha value is -0.300. The summed E-state index contributed by atoms with van der Waals surface area (Å²) in [5.74, 6) is 0.820. The van der Waals surface area contributed by atoms with E-state index in [2.05, 4.69) is 32.2 Å². The van der Waals surface area contributed by atoms with Crippen molar-refractivity contribution in [2.45, 2.75) is 46.1 Å². The van der Waals surface area contributed by atoms with E-state index in [-0.39, 0.29) is 0 Å². The molecule has 1 N–H and O–H groups in total. The summed E-state index contributed by atoms with van der Waals surface area (Å²) >= 11 is 0. The molecule has 0 aromatic rings. The fourth-order valence-corrected chi connectivity index (χ4v) is 1.79. The zero-order chi connectivity index (χ0) is 8.97. The Morgan fingerprint density at radius 3 is 3.00 bits per heavy atom. The minimum Gasteiger partial charge on any atom is -0.313 e. The first-order valence-corrected chi connectivity index (χ1v) is 5.13. The highest BCUT2D eigenvalue weighted by molar-refractivity contribution is 5.07. The summed E-state index contributed by atoms with van der Waals surface area (Å²) in [4.78, 5) is 0. The van der Waals surface area contributed by atoms with Crippen LogP contribution in [0, 0.1) is 5.92 Å². The molecule has 0 heterocycles. The molecule has 1 heteroatoms. The summed E-state index contributed by atoms with van der Waals surface area (Å²) in [6.07, 6.45) is 6.13. The van der Waals surface area contributed by atoms with Crippen LogP contribution in [0.1, 0.15) is 40.0 Å². The van der Waals surface area contributed by atoms with E-state index < -0.39 is 0 Å². The van der Waals surface area contributed by atoms with Gasteiger partial charge in [-0.25, -0.2) is 0 Å². The Morgan fingerprint density at radius 2 is 2.33 bits per heavy atom. The third-order valence-electron chi connectivity index (χ3n) is 2.72. The maximum Gasteiger partial charge on any atom is 0.0133 e. The highest BCUT2D eigenvalue weighted by Crippen LogP contribution is 2.22. The molecule has 0 radical (unpaired) electrons. The second-order valence-corrected chi connectivity index (χ2v) is 4.03. The molecule has 1 rings (SSSR count). The van der Waals surface area contributed by atoms with Gasteiger partial charge in [-0.1, -0.05) is 25.5 Å². The molecule has 0 saturated heterocycles. The van der Waals surface area contributed by atoms with Crippen LogP contribution in [0.5, 0.6) is 0 Å². The third-order valence-corrected chi connectivity index (χ3v) is 2.72. The van der Waals surface area contributed by atoms with Gasteiger partial charge in [0.25, 0.3) is 0 Å². The maximum absolute atomic E-state index is 3.61. The van der Waals surface area contributed by atoms with Gasteiger partial charge in [0.15, 0.2) is 0 Å². The van der Waals surface area contributed by atoms with Gasteiger partial charge in [0.1, 0.15) is 0 Å².